The van der Waals surface area contributed by atoms with E-state index in [9.17, 15) is 14.1 Å². The minimum atomic E-state index is -1.18. The van der Waals surface area contributed by atoms with Gasteiger partial charge in [0.25, 0.3) is 0 Å². The van der Waals surface area contributed by atoms with Crippen molar-refractivity contribution in [2.75, 3.05) is 26.5 Å². The van der Waals surface area contributed by atoms with Gasteiger partial charge in [0.1, 0.15) is 0 Å². The average molecular weight is 472 g/mol. The smallest absolute Gasteiger partial charge is 0.409 e. The van der Waals surface area contributed by atoms with Gasteiger partial charge in [-0.3, -0.25) is 4.21 Å². The summed E-state index contributed by atoms with van der Waals surface area (Å²) in [5, 5.41) is 12.0. The zero-order chi connectivity index (χ0) is 22.3. The summed E-state index contributed by atoms with van der Waals surface area (Å²) in [6.45, 7) is 2.57. The fourth-order valence-electron chi connectivity index (χ4n) is 3.02. The Morgan fingerprint density at radius 1 is 1.17 bits per heavy atom. The van der Waals surface area contributed by atoms with Gasteiger partial charge >= 0.3 is 6.09 Å². The Bertz CT molecular complexity index is 893. The van der Waals surface area contributed by atoms with Crippen LogP contribution < -0.4 is 0 Å². The summed E-state index contributed by atoms with van der Waals surface area (Å²) >= 11 is 12.3. The number of carbonyl (C=O) groups excluding carboxylic acids is 1. The van der Waals surface area contributed by atoms with Gasteiger partial charge in [-0.05, 0) is 41.8 Å². The summed E-state index contributed by atoms with van der Waals surface area (Å²) in [7, 11) is 0.451. The molecular formula is C22H27Cl2NO4S. The molecule has 2 aromatic rings. The molecule has 2 aromatic carbocycles. The van der Waals surface area contributed by atoms with E-state index in [1.54, 1.807) is 55.8 Å². The highest BCUT2D eigenvalue weighted by molar-refractivity contribution is 7.84. The molecule has 0 fully saturated rings. The van der Waals surface area contributed by atoms with Gasteiger partial charge in [-0.1, -0.05) is 54.7 Å². The SMILES string of the molecule is CCCCOC(=O)N(C)C[C@@H](c1ccc(Cl)c(Cl)c1)C(O)c1cccc(S(C)=O)c1. The lowest BCUT2D eigenvalue weighted by Crippen LogP contribution is -2.34. The van der Waals surface area contributed by atoms with Crippen molar-refractivity contribution in [3.05, 3.63) is 63.6 Å². The summed E-state index contributed by atoms with van der Waals surface area (Å²) in [5.41, 5.74) is 1.33. The first-order valence-corrected chi connectivity index (χ1v) is 12.0. The predicted octanol–water partition coefficient (Wildman–Crippen LogP) is 5.42. The second kappa shape index (κ2) is 11.7. The molecule has 0 radical (unpaired) electrons. The van der Waals surface area contributed by atoms with E-state index >= 15 is 0 Å². The van der Waals surface area contributed by atoms with E-state index in [0.717, 1.165) is 18.4 Å². The Morgan fingerprint density at radius 2 is 1.90 bits per heavy atom. The van der Waals surface area contributed by atoms with Crippen LogP contribution in [-0.4, -0.2) is 46.8 Å². The van der Waals surface area contributed by atoms with E-state index in [1.807, 2.05) is 6.92 Å². The molecular weight excluding hydrogens is 445 g/mol. The molecule has 5 nitrogen and oxygen atoms in total. The van der Waals surface area contributed by atoms with E-state index in [0.29, 0.717) is 27.1 Å². The molecule has 0 aliphatic rings. The number of likely N-dealkylation sites (N-methyl/N-ethyl adjacent to an activating group) is 1. The molecule has 1 N–H and O–H groups in total. The van der Waals surface area contributed by atoms with Gasteiger partial charge in [0, 0.05) is 41.5 Å². The molecule has 0 bridgehead atoms. The van der Waals surface area contributed by atoms with E-state index in [-0.39, 0.29) is 6.54 Å². The van der Waals surface area contributed by atoms with Crippen LogP contribution in [0.5, 0.6) is 0 Å². The molecule has 164 valence electrons. The van der Waals surface area contributed by atoms with Crippen LogP contribution in [0.1, 0.15) is 42.9 Å². The van der Waals surface area contributed by atoms with Crippen LogP contribution in [0.2, 0.25) is 10.0 Å². The zero-order valence-corrected chi connectivity index (χ0v) is 19.6. The number of aliphatic hydroxyl groups excluding tert-OH is 1. The van der Waals surface area contributed by atoms with Crippen LogP contribution in [0.3, 0.4) is 0 Å². The Balaban J connectivity index is 2.33. The van der Waals surface area contributed by atoms with Gasteiger partial charge in [-0.2, -0.15) is 0 Å². The second-order valence-corrected chi connectivity index (χ2v) is 9.29. The molecule has 30 heavy (non-hydrogen) atoms. The molecule has 2 rings (SSSR count). The molecule has 8 heteroatoms. The summed E-state index contributed by atoms with van der Waals surface area (Å²) in [5.74, 6) is -0.496. The van der Waals surface area contributed by atoms with E-state index in [4.69, 9.17) is 27.9 Å². The molecule has 0 aliphatic heterocycles. The third-order valence-electron chi connectivity index (χ3n) is 4.79. The highest BCUT2D eigenvalue weighted by atomic mass is 35.5. The zero-order valence-electron chi connectivity index (χ0n) is 17.3. The molecule has 0 aliphatic carbocycles. The first-order valence-electron chi connectivity index (χ1n) is 9.68. The lowest BCUT2D eigenvalue weighted by atomic mass is 9.88. The quantitative estimate of drug-likeness (QED) is 0.495. The monoisotopic (exact) mass is 471 g/mol. The van der Waals surface area contributed by atoms with Crippen molar-refractivity contribution in [1.29, 1.82) is 0 Å². The third kappa shape index (κ3) is 6.71. The van der Waals surface area contributed by atoms with Crippen LogP contribution in [0.25, 0.3) is 0 Å². The average Bonchev–Trinajstić information content (AvgIpc) is 2.73. The summed E-state index contributed by atoms with van der Waals surface area (Å²) in [6.07, 6.45) is 1.89. The van der Waals surface area contributed by atoms with Gasteiger partial charge in [0.05, 0.1) is 22.8 Å². The first kappa shape index (κ1) is 24.7. The van der Waals surface area contributed by atoms with Gasteiger partial charge in [-0.25, -0.2) is 4.79 Å². The van der Waals surface area contributed by atoms with Crippen LogP contribution in [-0.2, 0) is 15.5 Å². The van der Waals surface area contributed by atoms with Crippen molar-refractivity contribution < 1.29 is 18.8 Å². The minimum absolute atomic E-state index is 0.198. The van der Waals surface area contributed by atoms with Crippen molar-refractivity contribution in [1.82, 2.24) is 4.90 Å². The molecule has 0 aromatic heterocycles. The number of hydrogen-bond donors (Lipinski definition) is 1. The van der Waals surface area contributed by atoms with Crippen molar-refractivity contribution in [2.24, 2.45) is 0 Å². The Morgan fingerprint density at radius 3 is 2.53 bits per heavy atom. The number of nitrogens with zero attached hydrogens (tertiary/aromatic N) is 1. The highest BCUT2D eigenvalue weighted by Crippen LogP contribution is 2.35. The Hall–Kier alpha value is -1.60. The molecule has 0 spiro atoms. The van der Waals surface area contributed by atoms with E-state index in [1.165, 1.54) is 4.90 Å². The molecule has 0 saturated heterocycles. The summed E-state index contributed by atoms with van der Waals surface area (Å²) < 4.78 is 17.1. The predicted molar refractivity (Wildman–Crippen MR) is 122 cm³/mol. The number of ether oxygens (including phenoxy) is 1. The molecule has 3 atom stereocenters. The molecule has 0 saturated carbocycles. The van der Waals surface area contributed by atoms with Crippen molar-refractivity contribution >= 4 is 40.1 Å². The number of hydrogen-bond acceptors (Lipinski definition) is 4. The maximum Gasteiger partial charge on any atom is 0.409 e. The Labute approximate surface area is 190 Å². The van der Waals surface area contributed by atoms with E-state index in [2.05, 4.69) is 0 Å². The number of unbranched alkanes of at least 4 members (excludes halogenated alkanes) is 1. The van der Waals surface area contributed by atoms with Gasteiger partial charge < -0.3 is 14.7 Å². The van der Waals surface area contributed by atoms with Gasteiger partial charge in [0.2, 0.25) is 0 Å². The van der Waals surface area contributed by atoms with Crippen molar-refractivity contribution in [2.45, 2.75) is 36.7 Å². The highest BCUT2D eigenvalue weighted by Gasteiger charge is 2.27. The topological polar surface area (TPSA) is 66.8 Å². The fourth-order valence-corrected chi connectivity index (χ4v) is 3.90. The van der Waals surface area contributed by atoms with Crippen LogP contribution in [0.4, 0.5) is 4.79 Å². The third-order valence-corrected chi connectivity index (χ3v) is 6.45. The number of benzene rings is 2. The van der Waals surface area contributed by atoms with Crippen molar-refractivity contribution in [3.63, 3.8) is 0 Å². The normalized spacial score (nSPS) is 14.1. The number of halogens is 2. The Kier molecular flexibility index (Phi) is 9.62. The van der Waals surface area contributed by atoms with Crippen LogP contribution >= 0.6 is 23.2 Å². The maximum atomic E-state index is 12.3. The number of aliphatic hydroxyl groups is 1. The second-order valence-electron chi connectivity index (χ2n) is 7.10. The van der Waals surface area contributed by atoms with Gasteiger partial charge in [0.15, 0.2) is 0 Å². The molecule has 1 amide bonds. The van der Waals surface area contributed by atoms with Crippen LogP contribution in [0.15, 0.2) is 47.4 Å². The largest absolute Gasteiger partial charge is 0.449 e. The minimum Gasteiger partial charge on any atom is -0.449 e. The molecule has 0 heterocycles. The van der Waals surface area contributed by atoms with E-state index < -0.39 is 28.9 Å². The molecule has 2 unspecified atom stereocenters. The lowest BCUT2D eigenvalue weighted by molar-refractivity contribution is 0.0900. The van der Waals surface area contributed by atoms with Crippen molar-refractivity contribution in [3.8, 4) is 0 Å². The summed E-state index contributed by atoms with van der Waals surface area (Å²) in [6, 6.07) is 12.1. The maximum absolute atomic E-state index is 12.3. The number of rotatable bonds is 9. The van der Waals surface area contributed by atoms with Crippen LogP contribution in [0, 0.1) is 0 Å². The first-order chi connectivity index (χ1) is 14.2. The standard InChI is InChI=1S/C22H27Cl2NO4S/c1-4-5-11-29-22(27)25(2)14-18(15-9-10-19(23)20(24)13-15)21(26)16-7-6-8-17(12-16)30(3)28/h6-10,12-13,18,21,26H,4-5,11,14H2,1-3H3/t18-,21?,30?/m0/s1. The lowest BCUT2D eigenvalue weighted by Gasteiger charge is -2.28. The van der Waals surface area contributed by atoms with Gasteiger partial charge in [-0.15, -0.1) is 0 Å². The number of amides is 1. The fraction of sp³-hybridized carbons (Fsp3) is 0.409. The number of carbonyl (C=O) groups is 1. The summed E-state index contributed by atoms with van der Waals surface area (Å²) in [4.78, 5) is 14.4.